The molecule has 1 N–H and O–H groups in total. The molecule has 0 unspecified atom stereocenters. The second-order valence-electron chi connectivity index (χ2n) is 6.45. The van der Waals surface area contributed by atoms with Crippen LogP contribution in [-0.4, -0.2) is 27.8 Å². The molecule has 26 heavy (non-hydrogen) atoms. The number of benzene rings is 2. The first kappa shape index (κ1) is 20.8. The molecule has 0 atom stereocenters. The van der Waals surface area contributed by atoms with Crippen molar-refractivity contribution in [2.24, 2.45) is 0 Å². The quantitative estimate of drug-likeness (QED) is 0.644. The van der Waals surface area contributed by atoms with Crippen LogP contribution in [0.25, 0.3) is 0 Å². The van der Waals surface area contributed by atoms with E-state index in [4.69, 9.17) is 4.74 Å². The van der Waals surface area contributed by atoms with Crippen molar-refractivity contribution in [1.29, 1.82) is 0 Å². The zero-order chi connectivity index (χ0) is 19.2. The van der Waals surface area contributed by atoms with Gasteiger partial charge in [0.2, 0.25) is 10.0 Å². The largest absolute Gasteiger partial charge is 0.496 e. The standard InChI is InChI=1S/C20H27NO3S2/c1-15(2)18-13-20(16(3)12-19(18)24-4)26(22,23)21-10-11-25-14-17-8-6-5-7-9-17/h5-9,12-13,15,21H,10-11,14H2,1-4H3. The van der Waals surface area contributed by atoms with E-state index in [0.29, 0.717) is 17.0 Å². The van der Waals surface area contributed by atoms with Gasteiger partial charge in [0.15, 0.2) is 0 Å². The second-order valence-corrected chi connectivity index (χ2v) is 9.29. The number of aryl methyl sites for hydroxylation is 1. The summed E-state index contributed by atoms with van der Waals surface area (Å²) >= 11 is 1.71. The van der Waals surface area contributed by atoms with Gasteiger partial charge in [-0.3, -0.25) is 0 Å². The van der Waals surface area contributed by atoms with Crippen LogP contribution in [0.15, 0.2) is 47.4 Å². The van der Waals surface area contributed by atoms with Crippen molar-refractivity contribution in [3.8, 4) is 5.75 Å². The fourth-order valence-electron chi connectivity index (χ4n) is 2.68. The molecule has 0 aliphatic heterocycles. The molecule has 0 fully saturated rings. The maximum Gasteiger partial charge on any atom is 0.240 e. The SMILES string of the molecule is COc1cc(C)c(S(=O)(=O)NCCSCc2ccccc2)cc1C(C)C. The predicted molar refractivity (Wildman–Crippen MR) is 110 cm³/mol. The van der Waals surface area contributed by atoms with Crippen molar-refractivity contribution in [2.75, 3.05) is 19.4 Å². The van der Waals surface area contributed by atoms with Crippen LogP contribution in [0.4, 0.5) is 0 Å². The summed E-state index contributed by atoms with van der Waals surface area (Å²) in [6.45, 7) is 6.25. The van der Waals surface area contributed by atoms with E-state index >= 15 is 0 Å². The zero-order valence-electron chi connectivity index (χ0n) is 15.8. The lowest BCUT2D eigenvalue weighted by molar-refractivity contribution is 0.406. The predicted octanol–water partition coefficient (Wildman–Crippen LogP) is 4.34. The van der Waals surface area contributed by atoms with Gasteiger partial charge in [0.25, 0.3) is 0 Å². The fourth-order valence-corrected chi connectivity index (χ4v) is 4.92. The van der Waals surface area contributed by atoms with Crippen molar-refractivity contribution in [3.05, 3.63) is 59.2 Å². The number of thioether (sulfide) groups is 1. The number of sulfonamides is 1. The fraction of sp³-hybridized carbons (Fsp3) is 0.400. The molecule has 0 radical (unpaired) electrons. The minimum absolute atomic E-state index is 0.181. The first-order chi connectivity index (χ1) is 12.3. The van der Waals surface area contributed by atoms with Crippen molar-refractivity contribution in [3.63, 3.8) is 0 Å². The van der Waals surface area contributed by atoms with Gasteiger partial charge in [0.1, 0.15) is 5.75 Å². The van der Waals surface area contributed by atoms with Crippen LogP contribution in [0.3, 0.4) is 0 Å². The van der Waals surface area contributed by atoms with Crippen molar-refractivity contribution < 1.29 is 13.2 Å². The van der Waals surface area contributed by atoms with Gasteiger partial charge in [-0.1, -0.05) is 44.2 Å². The molecule has 0 aliphatic rings. The summed E-state index contributed by atoms with van der Waals surface area (Å²) in [6, 6.07) is 13.7. The van der Waals surface area contributed by atoms with Gasteiger partial charge in [0.05, 0.1) is 12.0 Å². The molecule has 0 aliphatic carbocycles. The normalized spacial score (nSPS) is 11.7. The third-order valence-electron chi connectivity index (χ3n) is 4.09. The first-order valence-corrected chi connectivity index (χ1v) is 11.3. The molecule has 2 rings (SSSR count). The molecule has 0 amide bonds. The molecule has 4 nitrogen and oxygen atoms in total. The van der Waals surface area contributed by atoms with E-state index in [0.717, 1.165) is 22.8 Å². The van der Waals surface area contributed by atoms with Crippen LogP contribution < -0.4 is 9.46 Å². The van der Waals surface area contributed by atoms with Crippen LogP contribution in [0.2, 0.25) is 0 Å². The third-order valence-corrected chi connectivity index (χ3v) is 6.72. The molecule has 142 valence electrons. The third kappa shape index (κ3) is 5.50. The summed E-state index contributed by atoms with van der Waals surface area (Å²) in [7, 11) is -1.93. The highest BCUT2D eigenvalue weighted by Crippen LogP contribution is 2.31. The molecule has 0 bridgehead atoms. The van der Waals surface area contributed by atoms with Crippen molar-refractivity contribution >= 4 is 21.8 Å². The maximum atomic E-state index is 12.7. The molecule has 0 spiro atoms. The number of ether oxygens (including phenoxy) is 1. The lowest BCUT2D eigenvalue weighted by Gasteiger charge is -2.16. The van der Waals surface area contributed by atoms with Gasteiger partial charge in [-0.25, -0.2) is 13.1 Å². The van der Waals surface area contributed by atoms with Gasteiger partial charge in [-0.2, -0.15) is 11.8 Å². The van der Waals surface area contributed by atoms with Crippen LogP contribution >= 0.6 is 11.8 Å². The minimum atomic E-state index is -3.54. The Bertz CT molecular complexity index is 818. The second kappa shape index (κ2) is 9.44. The number of nitrogens with one attached hydrogen (secondary N) is 1. The maximum absolute atomic E-state index is 12.7. The van der Waals surface area contributed by atoms with Gasteiger partial charge < -0.3 is 4.74 Å². The molecular formula is C20H27NO3S2. The topological polar surface area (TPSA) is 55.4 Å². The molecule has 0 heterocycles. The van der Waals surface area contributed by atoms with E-state index < -0.39 is 10.0 Å². The number of rotatable bonds is 9. The Kier molecular flexibility index (Phi) is 7.55. The highest BCUT2D eigenvalue weighted by Gasteiger charge is 2.20. The summed E-state index contributed by atoms with van der Waals surface area (Å²) in [5.74, 6) is 2.51. The van der Waals surface area contributed by atoms with E-state index in [1.165, 1.54) is 5.56 Å². The van der Waals surface area contributed by atoms with E-state index in [-0.39, 0.29) is 5.92 Å². The van der Waals surface area contributed by atoms with Gasteiger partial charge >= 0.3 is 0 Å². The van der Waals surface area contributed by atoms with Crippen LogP contribution in [0, 0.1) is 6.92 Å². The van der Waals surface area contributed by atoms with Crippen LogP contribution in [0.5, 0.6) is 5.75 Å². The van der Waals surface area contributed by atoms with Crippen LogP contribution in [-0.2, 0) is 15.8 Å². The molecule has 0 saturated carbocycles. The van der Waals surface area contributed by atoms with Gasteiger partial charge in [-0.05, 0) is 41.7 Å². The van der Waals surface area contributed by atoms with E-state index in [1.807, 2.05) is 32.0 Å². The van der Waals surface area contributed by atoms with E-state index in [1.54, 1.807) is 37.9 Å². The highest BCUT2D eigenvalue weighted by atomic mass is 32.2. The Morgan fingerprint density at radius 3 is 2.46 bits per heavy atom. The monoisotopic (exact) mass is 393 g/mol. The Morgan fingerprint density at radius 2 is 1.85 bits per heavy atom. The smallest absolute Gasteiger partial charge is 0.240 e. The molecule has 2 aromatic carbocycles. The summed E-state index contributed by atoms with van der Waals surface area (Å²) in [6.07, 6.45) is 0. The Labute approximate surface area is 161 Å². The molecule has 0 aromatic heterocycles. The Morgan fingerprint density at radius 1 is 1.15 bits per heavy atom. The van der Waals surface area contributed by atoms with E-state index in [9.17, 15) is 8.42 Å². The summed E-state index contributed by atoms with van der Waals surface area (Å²) in [5.41, 5.74) is 2.83. The summed E-state index contributed by atoms with van der Waals surface area (Å²) in [5, 5.41) is 0. The number of methoxy groups -OCH3 is 1. The summed E-state index contributed by atoms with van der Waals surface area (Å²) in [4.78, 5) is 0.329. The van der Waals surface area contributed by atoms with Crippen molar-refractivity contribution in [2.45, 2.75) is 37.3 Å². The number of hydrogen-bond acceptors (Lipinski definition) is 4. The Hall–Kier alpha value is -1.50. The van der Waals surface area contributed by atoms with Crippen molar-refractivity contribution in [1.82, 2.24) is 4.72 Å². The highest BCUT2D eigenvalue weighted by molar-refractivity contribution is 7.98. The van der Waals surface area contributed by atoms with Gasteiger partial charge in [0, 0.05) is 18.1 Å². The van der Waals surface area contributed by atoms with Gasteiger partial charge in [-0.15, -0.1) is 0 Å². The molecule has 6 heteroatoms. The Balaban J connectivity index is 2.00. The van der Waals surface area contributed by atoms with E-state index in [2.05, 4.69) is 16.9 Å². The molecule has 2 aromatic rings. The zero-order valence-corrected chi connectivity index (χ0v) is 17.4. The molecular weight excluding hydrogens is 366 g/mol. The average molecular weight is 394 g/mol. The first-order valence-electron chi connectivity index (χ1n) is 8.65. The van der Waals surface area contributed by atoms with Crippen LogP contribution in [0.1, 0.15) is 36.5 Å². The molecule has 0 saturated heterocycles. The average Bonchev–Trinajstić information content (AvgIpc) is 2.61. The minimum Gasteiger partial charge on any atom is -0.496 e. The lowest BCUT2D eigenvalue weighted by Crippen LogP contribution is -2.27. The summed E-state index contributed by atoms with van der Waals surface area (Å²) < 4.78 is 33.5. The number of hydrogen-bond donors (Lipinski definition) is 1. The lowest BCUT2D eigenvalue weighted by atomic mass is 10.0.